The summed E-state index contributed by atoms with van der Waals surface area (Å²) in [7, 11) is 1.60. The molecule has 0 radical (unpaired) electrons. The van der Waals surface area contributed by atoms with Crippen LogP contribution in [0, 0.1) is 0 Å². The van der Waals surface area contributed by atoms with Crippen LogP contribution in [0.1, 0.15) is 25.8 Å². The molecule has 2 aliphatic heterocycles. The fraction of sp³-hybridized carbons (Fsp3) is 0.375. The molecule has 174 valence electrons. The molecule has 0 aliphatic carbocycles. The predicted molar refractivity (Wildman–Crippen MR) is 121 cm³/mol. The average Bonchev–Trinajstić information content (AvgIpc) is 3.05. The van der Waals surface area contributed by atoms with E-state index in [1.807, 2.05) is 24.3 Å². The number of methoxy groups -OCH3 is 1. The van der Waals surface area contributed by atoms with E-state index >= 15 is 0 Å². The lowest BCUT2D eigenvalue weighted by Gasteiger charge is -2.24. The summed E-state index contributed by atoms with van der Waals surface area (Å²) >= 11 is 0. The van der Waals surface area contributed by atoms with Crippen LogP contribution < -0.4 is 24.8 Å². The van der Waals surface area contributed by atoms with Gasteiger partial charge in [-0.25, -0.2) is 9.69 Å². The smallest absolute Gasteiger partial charge is 0.325 e. The highest BCUT2D eigenvalue weighted by molar-refractivity contribution is 6.11. The first-order valence-corrected chi connectivity index (χ1v) is 10.8. The zero-order chi connectivity index (χ0) is 23.6. The van der Waals surface area contributed by atoms with E-state index < -0.39 is 29.4 Å². The highest BCUT2D eigenvalue weighted by atomic mass is 16.6. The first kappa shape index (κ1) is 22.4. The van der Waals surface area contributed by atoms with Crippen LogP contribution in [0.5, 0.6) is 17.2 Å². The standard InChI is InChI=1S/C24H27N3O6/c1-15(21(28)25-17-6-9-19-20(14-17)33-13-12-32-19)27-22(29)24(2,26-23(27)30)11-10-16-4-7-18(31-3)8-5-16/h4-9,14-15H,10-13H2,1-3H3,(H,25,28)(H,26,30)/t15-,24+/m0/s1. The second-order valence-corrected chi connectivity index (χ2v) is 8.31. The van der Waals surface area contributed by atoms with E-state index in [2.05, 4.69) is 10.6 Å². The van der Waals surface area contributed by atoms with Crippen molar-refractivity contribution in [2.75, 3.05) is 25.6 Å². The molecule has 2 atom stereocenters. The normalized spacial score (nSPS) is 20.3. The van der Waals surface area contributed by atoms with Gasteiger partial charge < -0.3 is 24.8 Å². The average molecular weight is 453 g/mol. The minimum Gasteiger partial charge on any atom is -0.497 e. The molecule has 1 saturated heterocycles. The van der Waals surface area contributed by atoms with E-state index in [4.69, 9.17) is 14.2 Å². The van der Waals surface area contributed by atoms with Gasteiger partial charge in [-0.05, 0) is 56.5 Å². The molecule has 9 nitrogen and oxygen atoms in total. The minimum absolute atomic E-state index is 0.400. The van der Waals surface area contributed by atoms with Gasteiger partial charge in [0, 0.05) is 11.8 Å². The van der Waals surface area contributed by atoms with Gasteiger partial charge in [0.1, 0.15) is 30.5 Å². The molecule has 4 rings (SSSR count). The maximum atomic E-state index is 13.2. The largest absolute Gasteiger partial charge is 0.497 e. The fourth-order valence-electron chi connectivity index (χ4n) is 3.90. The van der Waals surface area contributed by atoms with Crippen LogP contribution in [0.2, 0.25) is 0 Å². The molecule has 2 aromatic carbocycles. The number of hydrogen-bond donors (Lipinski definition) is 2. The highest BCUT2D eigenvalue weighted by Crippen LogP contribution is 2.33. The van der Waals surface area contributed by atoms with Gasteiger partial charge in [0.15, 0.2) is 11.5 Å². The lowest BCUT2D eigenvalue weighted by Crippen LogP contribution is -2.48. The molecule has 2 N–H and O–H groups in total. The van der Waals surface area contributed by atoms with E-state index in [1.165, 1.54) is 6.92 Å². The Balaban J connectivity index is 1.40. The van der Waals surface area contributed by atoms with Crippen molar-refractivity contribution in [3.63, 3.8) is 0 Å². The number of rotatable bonds is 7. The molecule has 33 heavy (non-hydrogen) atoms. The second-order valence-electron chi connectivity index (χ2n) is 8.31. The summed E-state index contributed by atoms with van der Waals surface area (Å²) in [4.78, 5) is 39.6. The third-order valence-corrected chi connectivity index (χ3v) is 5.94. The molecular formula is C24H27N3O6. The monoisotopic (exact) mass is 453 g/mol. The highest BCUT2D eigenvalue weighted by Gasteiger charge is 2.50. The third-order valence-electron chi connectivity index (χ3n) is 5.94. The molecule has 2 aromatic rings. The number of nitrogens with one attached hydrogen (secondary N) is 2. The van der Waals surface area contributed by atoms with Crippen molar-refractivity contribution in [2.45, 2.75) is 38.3 Å². The second kappa shape index (κ2) is 9.01. The van der Waals surface area contributed by atoms with Gasteiger partial charge in [-0.3, -0.25) is 9.59 Å². The number of amides is 4. The van der Waals surface area contributed by atoms with Crippen molar-refractivity contribution < 1.29 is 28.6 Å². The van der Waals surface area contributed by atoms with Crippen LogP contribution in [0.4, 0.5) is 10.5 Å². The number of fused-ring (bicyclic) bond motifs is 1. The van der Waals surface area contributed by atoms with Crippen molar-refractivity contribution in [1.29, 1.82) is 0 Å². The van der Waals surface area contributed by atoms with Crippen LogP contribution in [-0.2, 0) is 16.0 Å². The third kappa shape index (κ3) is 4.57. The fourth-order valence-corrected chi connectivity index (χ4v) is 3.90. The van der Waals surface area contributed by atoms with Crippen LogP contribution in [0.15, 0.2) is 42.5 Å². The minimum atomic E-state index is -1.09. The van der Waals surface area contributed by atoms with E-state index in [9.17, 15) is 14.4 Å². The first-order chi connectivity index (χ1) is 15.8. The number of carbonyl (C=O) groups excluding carboxylic acids is 3. The Morgan fingerprint density at radius 1 is 1.15 bits per heavy atom. The number of urea groups is 1. The van der Waals surface area contributed by atoms with Crippen LogP contribution in [-0.4, -0.2) is 54.6 Å². The Kier molecular flexibility index (Phi) is 6.13. The molecule has 0 bridgehead atoms. The number of benzene rings is 2. The van der Waals surface area contributed by atoms with E-state index in [0.29, 0.717) is 43.2 Å². The van der Waals surface area contributed by atoms with Gasteiger partial charge >= 0.3 is 6.03 Å². The number of hydrogen-bond acceptors (Lipinski definition) is 6. The quantitative estimate of drug-likeness (QED) is 0.625. The zero-order valence-corrected chi connectivity index (χ0v) is 18.8. The summed E-state index contributed by atoms with van der Waals surface area (Å²) in [5, 5.41) is 5.51. The molecular weight excluding hydrogens is 426 g/mol. The Hall–Kier alpha value is -3.75. The summed E-state index contributed by atoms with van der Waals surface area (Å²) in [6, 6.07) is 11.0. The first-order valence-electron chi connectivity index (χ1n) is 10.8. The van der Waals surface area contributed by atoms with Crippen molar-refractivity contribution in [3.05, 3.63) is 48.0 Å². The molecule has 2 heterocycles. The number of ether oxygens (including phenoxy) is 3. The van der Waals surface area contributed by atoms with Crippen molar-refractivity contribution in [1.82, 2.24) is 10.2 Å². The topological polar surface area (TPSA) is 106 Å². The van der Waals surface area contributed by atoms with E-state index in [-0.39, 0.29) is 0 Å². The Labute approximate surface area is 192 Å². The van der Waals surface area contributed by atoms with Gasteiger partial charge in [-0.1, -0.05) is 12.1 Å². The Morgan fingerprint density at radius 2 is 1.85 bits per heavy atom. The van der Waals surface area contributed by atoms with Crippen LogP contribution >= 0.6 is 0 Å². The maximum absolute atomic E-state index is 13.2. The number of nitrogens with zero attached hydrogens (tertiary/aromatic N) is 1. The maximum Gasteiger partial charge on any atom is 0.325 e. The van der Waals surface area contributed by atoms with Gasteiger partial charge in [0.05, 0.1) is 7.11 Å². The summed E-state index contributed by atoms with van der Waals surface area (Å²) in [6.45, 7) is 4.11. The van der Waals surface area contributed by atoms with Crippen molar-refractivity contribution in [2.24, 2.45) is 0 Å². The number of aryl methyl sites for hydroxylation is 1. The summed E-state index contributed by atoms with van der Waals surface area (Å²) in [5.74, 6) is 0.987. The summed E-state index contributed by atoms with van der Waals surface area (Å²) in [5.41, 5.74) is 0.412. The molecule has 4 amide bonds. The molecule has 2 aliphatic rings. The van der Waals surface area contributed by atoms with E-state index in [1.54, 1.807) is 32.2 Å². The zero-order valence-electron chi connectivity index (χ0n) is 18.8. The lowest BCUT2D eigenvalue weighted by atomic mass is 9.93. The number of imide groups is 1. The lowest BCUT2D eigenvalue weighted by molar-refractivity contribution is -0.136. The Morgan fingerprint density at radius 3 is 2.55 bits per heavy atom. The van der Waals surface area contributed by atoms with Gasteiger partial charge in [-0.2, -0.15) is 0 Å². The molecule has 0 saturated carbocycles. The van der Waals surface area contributed by atoms with E-state index in [0.717, 1.165) is 16.2 Å². The molecule has 0 aromatic heterocycles. The number of anilines is 1. The van der Waals surface area contributed by atoms with Gasteiger partial charge in [0.2, 0.25) is 5.91 Å². The summed E-state index contributed by atoms with van der Waals surface area (Å²) < 4.78 is 16.2. The van der Waals surface area contributed by atoms with Gasteiger partial charge in [0.25, 0.3) is 5.91 Å². The summed E-state index contributed by atoms with van der Waals surface area (Å²) in [6.07, 6.45) is 0.981. The number of carbonyl (C=O) groups is 3. The van der Waals surface area contributed by atoms with Gasteiger partial charge in [-0.15, -0.1) is 0 Å². The van der Waals surface area contributed by atoms with Crippen LogP contribution in [0.3, 0.4) is 0 Å². The molecule has 1 fully saturated rings. The van der Waals surface area contributed by atoms with Crippen LogP contribution in [0.25, 0.3) is 0 Å². The van der Waals surface area contributed by atoms with Crippen molar-refractivity contribution >= 4 is 23.5 Å². The Bertz CT molecular complexity index is 1070. The SMILES string of the molecule is COc1ccc(CC[C@@]2(C)NC(=O)N([C@@H](C)C(=O)Nc3ccc4c(c3)OCCO4)C2=O)cc1. The molecule has 9 heteroatoms. The molecule has 0 unspecified atom stereocenters. The van der Waals surface area contributed by atoms with Crippen molar-refractivity contribution in [3.8, 4) is 17.2 Å². The predicted octanol–water partition coefficient (Wildman–Crippen LogP) is 2.74. The molecule has 0 spiro atoms.